The normalized spacial score (nSPS) is 14.8. The van der Waals surface area contributed by atoms with E-state index >= 15 is 0 Å². The minimum atomic E-state index is 0.508. The molecule has 0 amide bonds. The fraction of sp³-hybridized carbons (Fsp3) is 0.812. The topological polar surface area (TPSA) is 29.9 Å². The van der Waals surface area contributed by atoms with Crippen molar-refractivity contribution < 1.29 is 0 Å². The van der Waals surface area contributed by atoms with Crippen LogP contribution in [0.2, 0.25) is 0 Å². The standard InChI is InChI=1S/C16H31N3/c1-6-14(5)19-11-10-15(18-19)8-9-16(17-7-2)12-13(3)4/h10-11,13-14,16-17H,6-9,12H2,1-5H3. The first kappa shape index (κ1) is 16.2. The SMILES string of the molecule is CCNC(CCc1ccn(C(C)CC)n1)CC(C)C. The molecule has 0 spiro atoms. The lowest BCUT2D eigenvalue weighted by atomic mass is 9.99. The van der Waals surface area contributed by atoms with Crippen molar-refractivity contribution in [1.82, 2.24) is 15.1 Å². The van der Waals surface area contributed by atoms with Gasteiger partial charge in [-0.1, -0.05) is 27.7 Å². The zero-order chi connectivity index (χ0) is 14.3. The molecule has 0 aliphatic carbocycles. The third-order valence-corrected chi connectivity index (χ3v) is 3.70. The average Bonchev–Trinajstić information content (AvgIpc) is 2.83. The minimum absolute atomic E-state index is 0.508. The molecule has 3 heteroatoms. The van der Waals surface area contributed by atoms with Crippen LogP contribution in [-0.4, -0.2) is 22.4 Å². The van der Waals surface area contributed by atoms with E-state index in [0.29, 0.717) is 12.1 Å². The van der Waals surface area contributed by atoms with Gasteiger partial charge in [0.25, 0.3) is 0 Å². The van der Waals surface area contributed by atoms with E-state index in [1.54, 1.807) is 0 Å². The molecule has 0 saturated heterocycles. The Bertz CT molecular complexity index is 344. The van der Waals surface area contributed by atoms with Crippen LogP contribution in [-0.2, 0) is 6.42 Å². The summed E-state index contributed by atoms with van der Waals surface area (Å²) in [7, 11) is 0. The Kier molecular flexibility index (Phi) is 7.14. The van der Waals surface area contributed by atoms with Gasteiger partial charge in [0.15, 0.2) is 0 Å². The molecular weight excluding hydrogens is 234 g/mol. The maximum Gasteiger partial charge on any atom is 0.0625 e. The second-order valence-electron chi connectivity index (χ2n) is 5.97. The second-order valence-corrected chi connectivity index (χ2v) is 5.97. The third kappa shape index (κ3) is 5.77. The summed E-state index contributed by atoms with van der Waals surface area (Å²) >= 11 is 0. The van der Waals surface area contributed by atoms with Crippen molar-refractivity contribution in [3.05, 3.63) is 18.0 Å². The summed E-state index contributed by atoms with van der Waals surface area (Å²) in [5, 5.41) is 8.27. The van der Waals surface area contributed by atoms with Crippen molar-refractivity contribution in [2.24, 2.45) is 5.92 Å². The van der Waals surface area contributed by atoms with Crippen LogP contribution in [0.4, 0.5) is 0 Å². The van der Waals surface area contributed by atoms with E-state index in [1.165, 1.54) is 18.5 Å². The highest BCUT2D eigenvalue weighted by molar-refractivity contribution is 5.00. The van der Waals surface area contributed by atoms with Gasteiger partial charge in [-0.05, 0) is 51.1 Å². The van der Waals surface area contributed by atoms with Gasteiger partial charge in [0.1, 0.15) is 0 Å². The Morgan fingerprint density at radius 1 is 1.26 bits per heavy atom. The second kappa shape index (κ2) is 8.36. The van der Waals surface area contributed by atoms with E-state index < -0.39 is 0 Å². The Morgan fingerprint density at radius 2 is 2.00 bits per heavy atom. The molecule has 2 unspecified atom stereocenters. The summed E-state index contributed by atoms with van der Waals surface area (Å²) in [6, 6.07) is 3.30. The third-order valence-electron chi connectivity index (χ3n) is 3.70. The zero-order valence-corrected chi connectivity index (χ0v) is 13.3. The predicted octanol–water partition coefficient (Wildman–Crippen LogP) is 3.81. The Labute approximate surface area is 118 Å². The highest BCUT2D eigenvalue weighted by Gasteiger charge is 2.11. The van der Waals surface area contributed by atoms with Gasteiger partial charge in [-0.25, -0.2) is 0 Å². The van der Waals surface area contributed by atoms with Gasteiger partial charge in [-0.15, -0.1) is 0 Å². The predicted molar refractivity (Wildman–Crippen MR) is 82.5 cm³/mol. The molecule has 3 nitrogen and oxygen atoms in total. The summed E-state index contributed by atoms with van der Waals surface area (Å²) in [4.78, 5) is 0. The van der Waals surface area contributed by atoms with Gasteiger partial charge in [0, 0.05) is 18.3 Å². The van der Waals surface area contributed by atoms with E-state index in [2.05, 4.69) is 62.0 Å². The molecule has 110 valence electrons. The molecule has 0 aliphatic heterocycles. The van der Waals surface area contributed by atoms with Gasteiger partial charge < -0.3 is 5.32 Å². The van der Waals surface area contributed by atoms with E-state index in [0.717, 1.165) is 25.3 Å². The Hall–Kier alpha value is -0.830. The van der Waals surface area contributed by atoms with Crippen molar-refractivity contribution in [3.8, 4) is 0 Å². The van der Waals surface area contributed by atoms with Crippen molar-refractivity contribution in [3.63, 3.8) is 0 Å². The summed E-state index contributed by atoms with van der Waals surface area (Å²) < 4.78 is 2.10. The van der Waals surface area contributed by atoms with Gasteiger partial charge in [-0.2, -0.15) is 5.10 Å². The van der Waals surface area contributed by atoms with Gasteiger partial charge in [0.2, 0.25) is 0 Å². The molecule has 1 N–H and O–H groups in total. The monoisotopic (exact) mass is 265 g/mol. The number of hydrogen-bond acceptors (Lipinski definition) is 2. The number of nitrogens with zero attached hydrogens (tertiary/aromatic N) is 2. The first-order valence-corrected chi connectivity index (χ1v) is 7.84. The lowest BCUT2D eigenvalue weighted by molar-refractivity contribution is 0.402. The van der Waals surface area contributed by atoms with E-state index in [-0.39, 0.29) is 0 Å². The van der Waals surface area contributed by atoms with Crippen molar-refractivity contribution in [1.29, 1.82) is 0 Å². The van der Waals surface area contributed by atoms with Crippen molar-refractivity contribution >= 4 is 0 Å². The van der Waals surface area contributed by atoms with E-state index in [4.69, 9.17) is 0 Å². The zero-order valence-electron chi connectivity index (χ0n) is 13.3. The first-order chi connectivity index (χ1) is 9.06. The number of nitrogens with one attached hydrogen (secondary N) is 1. The summed E-state index contributed by atoms with van der Waals surface area (Å²) in [5.41, 5.74) is 1.23. The maximum atomic E-state index is 4.68. The minimum Gasteiger partial charge on any atom is -0.314 e. The number of hydrogen-bond donors (Lipinski definition) is 1. The lowest BCUT2D eigenvalue weighted by Crippen LogP contribution is -2.30. The van der Waals surface area contributed by atoms with Crippen molar-refractivity contribution in [2.45, 2.75) is 72.4 Å². The Balaban J connectivity index is 2.47. The molecule has 1 aromatic rings. The highest BCUT2D eigenvalue weighted by atomic mass is 15.3. The molecule has 1 aromatic heterocycles. The van der Waals surface area contributed by atoms with Gasteiger partial charge >= 0.3 is 0 Å². The number of rotatable bonds is 9. The fourth-order valence-corrected chi connectivity index (χ4v) is 2.43. The fourth-order valence-electron chi connectivity index (χ4n) is 2.43. The molecule has 0 saturated carbocycles. The lowest BCUT2D eigenvalue weighted by Gasteiger charge is -2.19. The van der Waals surface area contributed by atoms with Crippen LogP contribution in [0, 0.1) is 5.92 Å². The van der Waals surface area contributed by atoms with E-state index in [9.17, 15) is 0 Å². The molecule has 0 fully saturated rings. The van der Waals surface area contributed by atoms with Crippen LogP contribution < -0.4 is 5.32 Å². The molecule has 19 heavy (non-hydrogen) atoms. The van der Waals surface area contributed by atoms with Crippen molar-refractivity contribution in [2.75, 3.05) is 6.54 Å². The van der Waals surface area contributed by atoms with Crippen LogP contribution in [0.15, 0.2) is 12.3 Å². The van der Waals surface area contributed by atoms with E-state index in [1.807, 2.05) is 0 Å². The van der Waals surface area contributed by atoms with Crippen LogP contribution in [0.1, 0.15) is 65.6 Å². The Morgan fingerprint density at radius 3 is 2.58 bits per heavy atom. The average molecular weight is 265 g/mol. The molecule has 0 aliphatic rings. The molecule has 0 bridgehead atoms. The molecule has 1 heterocycles. The molecular formula is C16H31N3. The quantitative estimate of drug-likeness (QED) is 0.736. The molecule has 2 atom stereocenters. The summed E-state index contributed by atoms with van der Waals surface area (Å²) in [5.74, 6) is 0.752. The molecule has 1 rings (SSSR count). The summed E-state index contributed by atoms with van der Waals surface area (Å²) in [6.07, 6.45) is 6.76. The maximum absolute atomic E-state index is 4.68. The van der Waals surface area contributed by atoms with Crippen LogP contribution in [0.5, 0.6) is 0 Å². The highest BCUT2D eigenvalue weighted by Crippen LogP contribution is 2.13. The number of aromatic nitrogens is 2. The van der Waals surface area contributed by atoms with Crippen LogP contribution in [0.25, 0.3) is 0 Å². The first-order valence-electron chi connectivity index (χ1n) is 7.84. The molecule has 0 radical (unpaired) electrons. The smallest absolute Gasteiger partial charge is 0.0625 e. The number of aryl methyl sites for hydroxylation is 1. The summed E-state index contributed by atoms with van der Waals surface area (Å²) in [6.45, 7) is 12.3. The van der Waals surface area contributed by atoms with Gasteiger partial charge in [-0.3, -0.25) is 4.68 Å². The van der Waals surface area contributed by atoms with Crippen LogP contribution in [0.3, 0.4) is 0 Å². The van der Waals surface area contributed by atoms with Gasteiger partial charge in [0.05, 0.1) is 5.69 Å². The molecule has 0 aromatic carbocycles. The van der Waals surface area contributed by atoms with Crippen LogP contribution >= 0.6 is 0 Å². The largest absolute Gasteiger partial charge is 0.314 e.